The molecule has 3 nitrogen and oxygen atoms in total. The lowest BCUT2D eigenvalue weighted by molar-refractivity contribution is 0.0653. The van der Waals surface area contributed by atoms with Crippen molar-refractivity contribution in [3.63, 3.8) is 0 Å². The van der Waals surface area contributed by atoms with Crippen molar-refractivity contribution in [3.8, 4) is 0 Å². The highest BCUT2D eigenvalue weighted by Crippen LogP contribution is 2.25. The zero-order valence-corrected chi connectivity index (χ0v) is 11.4. The first-order valence-electron chi connectivity index (χ1n) is 6.47. The highest BCUT2D eigenvalue weighted by atomic mass is 35.5. The molecule has 1 amide bonds. The van der Waals surface area contributed by atoms with Gasteiger partial charge in [-0.15, -0.1) is 0 Å². The molecule has 1 heterocycles. The van der Waals surface area contributed by atoms with E-state index in [0.717, 1.165) is 12.8 Å². The second-order valence-electron chi connectivity index (χ2n) is 4.87. The maximum atomic E-state index is 13.4. The molecule has 0 aromatic heterocycles. The fourth-order valence-corrected chi connectivity index (χ4v) is 2.71. The van der Waals surface area contributed by atoms with E-state index in [0.29, 0.717) is 25.4 Å². The first kappa shape index (κ1) is 14.3. The minimum Gasteiger partial charge on any atom is -0.396 e. The van der Waals surface area contributed by atoms with Gasteiger partial charge in [-0.1, -0.05) is 17.7 Å². The summed E-state index contributed by atoms with van der Waals surface area (Å²) in [7, 11) is 0. The molecule has 1 atom stereocenters. The number of halogens is 2. The molecular formula is C14H17ClFNO2. The van der Waals surface area contributed by atoms with E-state index < -0.39 is 5.82 Å². The lowest BCUT2D eigenvalue weighted by atomic mass is 9.94. The number of carbonyl (C=O) groups excluding carboxylic acids is 1. The zero-order valence-electron chi connectivity index (χ0n) is 10.6. The molecule has 104 valence electrons. The van der Waals surface area contributed by atoms with Gasteiger partial charge in [0.15, 0.2) is 0 Å². The minimum absolute atomic E-state index is 0.114. The fraction of sp³-hybridized carbons (Fsp3) is 0.500. The molecule has 1 aromatic rings. The van der Waals surface area contributed by atoms with Crippen LogP contribution in [0.5, 0.6) is 0 Å². The van der Waals surface area contributed by atoms with Gasteiger partial charge in [-0.3, -0.25) is 4.79 Å². The molecule has 1 saturated heterocycles. The van der Waals surface area contributed by atoms with Crippen molar-refractivity contribution in [2.24, 2.45) is 5.92 Å². The molecule has 2 rings (SSSR count). The average Bonchev–Trinajstić information content (AvgIpc) is 2.42. The molecule has 1 aromatic carbocycles. The van der Waals surface area contributed by atoms with E-state index in [1.807, 2.05) is 0 Å². The van der Waals surface area contributed by atoms with E-state index in [4.69, 9.17) is 16.7 Å². The van der Waals surface area contributed by atoms with Crippen LogP contribution in [0.2, 0.25) is 5.02 Å². The van der Waals surface area contributed by atoms with Gasteiger partial charge in [0, 0.05) is 19.7 Å². The summed E-state index contributed by atoms with van der Waals surface area (Å²) < 4.78 is 13.4. The van der Waals surface area contributed by atoms with E-state index in [1.54, 1.807) is 11.0 Å². The number of piperidine rings is 1. The summed E-state index contributed by atoms with van der Waals surface area (Å²) in [6, 6.07) is 4.27. The maximum absolute atomic E-state index is 13.4. The van der Waals surface area contributed by atoms with E-state index in [9.17, 15) is 9.18 Å². The Kier molecular flexibility index (Phi) is 4.77. The Morgan fingerprint density at radius 3 is 3.05 bits per heavy atom. The van der Waals surface area contributed by atoms with Crippen LogP contribution in [0, 0.1) is 11.7 Å². The van der Waals surface area contributed by atoms with Gasteiger partial charge in [0.1, 0.15) is 5.82 Å². The van der Waals surface area contributed by atoms with Crippen molar-refractivity contribution in [1.82, 2.24) is 4.90 Å². The molecule has 1 aliphatic heterocycles. The van der Waals surface area contributed by atoms with Crippen LogP contribution in [0.3, 0.4) is 0 Å². The second-order valence-corrected chi connectivity index (χ2v) is 5.25. The third-order valence-electron chi connectivity index (χ3n) is 3.53. The van der Waals surface area contributed by atoms with Crippen molar-refractivity contribution in [2.45, 2.75) is 19.3 Å². The Balaban J connectivity index is 2.12. The van der Waals surface area contributed by atoms with Crippen LogP contribution in [-0.2, 0) is 0 Å². The molecule has 0 bridgehead atoms. The van der Waals surface area contributed by atoms with Gasteiger partial charge in [-0.05, 0) is 37.3 Å². The third kappa shape index (κ3) is 3.25. The highest BCUT2D eigenvalue weighted by molar-refractivity contribution is 6.34. The molecule has 0 aliphatic carbocycles. The monoisotopic (exact) mass is 285 g/mol. The highest BCUT2D eigenvalue weighted by Gasteiger charge is 2.25. The molecule has 0 saturated carbocycles. The van der Waals surface area contributed by atoms with Crippen molar-refractivity contribution in [2.75, 3.05) is 19.7 Å². The molecule has 19 heavy (non-hydrogen) atoms. The molecule has 0 radical (unpaired) electrons. The van der Waals surface area contributed by atoms with Crippen molar-refractivity contribution >= 4 is 17.5 Å². The maximum Gasteiger partial charge on any atom is 0.255 e. The number of aliphatic hydroxyl groups excluding tert-OH is 1. The molecule has 1 N–H and O–H groups in total. The fourth-order valence-electron chi connectivity index (χ4n) is 2.51. The van der Waals surface area contributed by atoms with E-state index in [1.165, 1.54) is 12.1 Å². The van der Waals surface area contributed by atoms with E-state index in [2.05, 4.69) is 0 Å². The van der Waals surface area contributed by atoms with Gasteiger partial charge >= 0.3 is 0 Å². The number of amides is 1. The zero-order chi connectivity index (χ0) is 13.8. The summed E-state index contributed by atoms with van der Waals surface area (Å²) in [6.45, 7) is 1.40. The van der Waals surface area contributed by atoms with Crippen molar-refractivity contribution in [3.05, 3.63) is 34.6 Å². The van der Waals surface area contributed by atoms with Crippen molar-refractivity contribution < 1.29 is 14.3 Å². The van der Waals surface area contributed by atoms with Gasteiger partial charge in [-0.2, -0.15) is 0 Å². The number of aliphatic hydroxyl groups is 1. The Hall–Kier alpha value is -1.13. The van der Waals surface area contributed by atoms with Gasteiger partial charge < -0.3 is 10.0 Å². The number of benzene rings is 1. The molecular weight excluding hydrogens is 269 g/mol. The largest absolute Gasteiger partial charge is 0.396 e. The van der Waals surface area contributed by atoms with Crippen LogP contribution in [0.25, 0.3) is 0 Å². The Bertz CT molecular complexity index is 465. The SMILES string of the molecule is O=C(c1cccc(F)c1Cl)N1CCCC(CCO)C1. The first-order valence-corrected chi connectivity index (χ1v) is 6.85. The molecule has 5 heteroatoms. The predicted octanol–water partition coefficient (Wildman–Crippen LogP) is 2.71. The normalized spacial score (nSPS) is 19.5. The Labute approximate surface area is 117 Å². The van der Waals surface area contributed by atoms with Gasteiger partial charge in [-0.25, -0.2) is 4.39 Å². The quantitative estimate of drug-likeness (QED) is 0.928. The standard InChI is InChI=1S/C14H17ClFNO2/c15-13-11(4-1-5-12(13)16)14(19)17-7-2-3-10(9-17)6-8-18/h1,4-5,10,18H,2-3,6-9H2. The van der Waals surface area contributed by atoms with E-state index in [-0.39, 0.29) is 23.1 Å². The lowest BCUT2D eigenvalue weighted by Gasteiger charge is -2.32. The summed E-state index contributed by atoms with van der Waals surface area (Å²) in [5.74, 6) is -0.487. The minimum atomic E-state index is -0.573. The van der Waals surface area contributed by atoms with Crippen LogP contribution in [-0.4, -0.2) is 35.6 Å². The van der Waals surface area contributed by atoms with Gasteiger partial charge in [0.05, 0.1) is 10.6 Å². The summed E-state index contributed by atoms with van der Waals surface area (Å²) in [4.78, 5) is 14.0. The number of rotatable bonds is 3. The van der Waals surface area contributed by atoms with Crippen LogP contribution in [0.1, 0.15) is 29.6 Å². The predicted molar refractivity (Wildman–Crippen MR) is 71.7 cm³/mol. The summed E-state index contributed by atoms with van der Waals surface area (Å²) in [5, 5.41) is 8.85. The summed E-state index contributed by atoms with van der Waals surface area (Å²) in [5.41, 5.74) is 0.214. The van der Waals surface area contributed by atoms with Crippen LogP contribution in [0.15, 0.2) is 18.2 Å². The van der Waals surface area contributed by atoms with Crippen LogP contribution < -0.4 is 0 Å². The first-order chi connectivity index (χ1) is 9.13. The molecule has 1 unspecified atom stereocenters. The molecule has 1 aliphatic rings. The second kappa shape index (κ2) is 6.35. The summed E-state index contributed by atoms with van der Waals surface area (Å²) in [6.07, 6.45) is 2.62. The van der Waals surface area contributed by atoms with Crippen LogP contribution >= 0.6 is 11.6 Å². The lowest BCUT2D eigenvalue weighted by Crippen LogP contribution is -2.40. The smallest absolute Gasteiger partial charge is 0.255 e. The number of carbonyl (C=O) groups is 1. The Morgan fingerprint density at radius 2 is 2.32 bits per heavy atom. The van der Waals surface area contributed by atoms with Gasteiger partial charge in [0.25, 0.3) is 5.91 Å². The topological polar surface area (TPSA) is 40.5 Å². The Morgan fingerprint density at radius 1 is 1.53 bits per heavy atom. The third-order valence-corrected chi connectivity index (χ3v) is 3.91. The number of hydrogen-bond acceptors (Lipinski definition) is 2. The molecule has 1 fully saturated rings. The average molecular weight is 286 g/mol. The number of likely N-dealkylation sites (tertiary alicyclic amines) is 1. The molecule has 0 spiro atoms. The van der Waals surface area contributed by atoms with Crippen molar-refractivity contribution in [1.29, 1.82) is 0 Å². The van der Waals surface area contributed by atoms with E-state index >= 15 is 0 Å². The summed E-state index contributed by atoms with van der Waals surface area (Å²) >= 11 is 5.84. The van der Waals surface area contributed by atoms with Crippen LogP contribution in [0.4, 0.5) is 4.39 Å². The number of nitrogens with zero attached hydrogens (tertiary/aromatic N) is 1. The number of hydrogen-bond donors (Lipinski definition) is 1. The van der Waals surface area contributed by atoms with Gasteiger partial charge in [0.2, 0.25) is 0 Å².